The molecule has 114 valence electrons. The Balaban J connectivity index is 1.53. The van der Waals surface area contributed by atoms with E-state index in [1.54, 1.807) is 0 Å². The van der Waals surface area contributed by atoms with E-state index < -0.39 is 0 Å². The van der Waals surface area contributed by atoms with Crippen molar-refractivity contribution >= 4 is 5.69 Å². The van der Waals surface area contributed by atoms with Crippen molar-refractivity contribution in [1.29, 1.82) is 0 Å². The summed E-state index contributed by atoms with van der Waals surface area (Å²) in [5, 5.41) is 3.65. The maximum atomic E-state index is 4.37. The molecule has 0 radical (unpaired) electrons. The van der Waals surface area contributed by atoms with Crippen LogP contribution in [0.5, 0.6) is 0 Å². The number of anilines is 1. The van der Waals surface area contributed by atoms with Crippen LogP contribution in [0.1, 0.15) is 56.9 Å². The van der Waals surface area contributed by atoms with Crippen molar-refractivity contribution in [1.82, 2.24) is 10.3 Å². The van der Waals surface area contributed by atoms with E-state index >= 15 is 0 Å². The average molecular weight is 285 g/mol. The molecular formula is C18H27N3. The zero-order chi connectivity index (χ0) is 14.1. The van der Waals surface area contributed by atoms with Crippen LogP contribution in [0.15, 0.2) is 18.5 Å². The third-order valence-electron chi connectivity index (χ3n) is 5.59. The van der Waals surface area contributed by atoms with Crippen molar-refractivity contribution in [2.24, 2.45) is 5.92 Å². The molecule has 1 aliphatic heterocycles. The Morgan fingerprint density at radius 2 is 1.95 bits per heavy atom. The number of hydrogen-bond donors (Lipinski definition) is 1. The van der Waals surface area contributed by atoms with Crippen LogP contribution < -0.4 is 10.2 Å². The number of nitrogens with one attached hydrogen (secondary N) is 1. The fourth-order valence-electron chi connectivity index (χ4n) is 4.30. The summed E-state index contributed by atoms with van der Waals surface area (Å²) in [6.07, 6.45) is 15.3. The fourth-order valence-corrected chi connectivity index (χ4v) is 4.30. The molecule has 0 aromatic carbocycles. The number of aromatic nitrogens is 1. The Bertz CT molecular complexity index is 477. The van der Waals surface area contributed by atoms with Crippen LogP contribution >= 0.6 is 0 Å². The number of hydrogen-bond acceptors (Lipinski definition) is 3. The van der Waals surface area contributed by atoms with Gasteiger partial charge in [0.25, 0.3) is 0 Å². The van der Waals surface area contributed by atoms with Gasteiger partial charge in [0.05, 0.1) is 0 Å². The zero-order valence-electron chi connectivity index (χ0n) is 12.9. The maximum Gasteiger partial charge on any atom is 0.0445 e. The molecule has 2 heterocycles. The first kappa shape index (κ1) is 13.6. The van der Waals surface area contributed by atoms with E-state index in [1.807, 2.05) is 6.20 Å². The SMILES string of the molecule is c1cc(N2CCCC2C2CCCC2)c(CNC2CC2)cn1. The van der Waals surface area contributed by atoms with Crippen LogP contribution in [0.2, 0.25) is 0 Å². The van der Waals surface area contributed by atoms with Crippen molar-refractivity contribution in [3.05, 3.63) is 24.0 Å². The van der Waals surface area contributed by atoms with E-state index in [0.717, 1.165) is 24.5 Å². The zero-order valence-corrected chi connectivity index (χ0v) is 12.9. The lowest BCUT2D eigenvalue weighted by Gasteiger charge is -2.32. The van der Waals surface area contributed by atoms with Gasteiger partial charge in [-0.05, 0) is 50.5 Å². The van der Waals surface area contributed by atoms with Crippen LogP contribution in [0.3, 0.4) is 0 Å². The lowest BCUT2D eigenvalue weighted by Crippen LogP contribution is -2.35. The van der Waals surface area contributed by atoms with Crippen molar-refractivity contribution in [2.45, 2.75) is 70.0 Å². The Morgan fingerprint density at radius 1 is 1.10 bits per heavy atom. The van der Waals surface area contributed by atoms with Crippen molar-refractivity contribution in [2.75, 3.05) is 11.4 Å². The Labute approximate surface area is 128 Å². The van der Waals surface area contributed by atoms with E-state index in [0.29, 0.717) is 0 Å². The molecule has 0 bridgehead atoms. The minimum absolute atomic E-state index is 0.766. The van der Waals surface area contributed by atoms with E-state index in [-0.39, 0.29) is 0 Å². The van der Waals surface area contributed by atoms with Gasteiger partial charge in [-0.3, -0.25) is 4.98 Å². The summed E-state index contributed by atoms with van der Waals surface area (Å²) in [6.45, 7) is 2.23. The van der Waals surface area contributed by atoms with Crippen molar-refractivity contribution < 1.29 is 0 Å². The molecule has 0 amide bonds. The molecule has 3 heteroatoms. The van der Waals surface area contributed by atoms with E-state index in [1.165, 1.54) is 69.2 Å². The summed E-state index contributed by atoms with van der Waals surface area (Å²) < 4.78 is 0. The Morgan fingerprint density at radius 3 is 2.76 bits per heavy atom. The molecule has 1 N–H and O–H groups in total. The second kappa shape index (κ2) is 5.96. The van der Waals surface area contributed by atoms with Gasteiger partial charge in [-0.2, -0.15) is 0 Å². The van der Waals surface area contributed by atoms with Gasteiger partial charge in [-0.25, -0.2) is 0 Å². The molecule has 4 rings (SSSR count). The second-order valence-electron chi connectivity index (χ2n) is 7.11. The fraction of sp³-hybridized carbons (Fsp3) is 0.722. The van der Waals surface area contributed by atoms with E-state index in [2.05, 4.69) is 27.5 Å². The molecule has 1 aromatic rings. The first-order chi connectivity index (χ1) is 10.4. The molecule has 21 heavy (non-hydrogen) atoms. The topological polar surface area (TPSA) is 28.2 Å². The monoisotopic (exact) mass is 285 g/mol. The quantitative estimate of drug-likeness (QED) is 0.897. The highest BCUT2D eigenvalue weighted by molar-refractivity contribution is 5.54. The average Bonchev–Trinajstić information content (AvgIpc) is 3.01. The Kier molecular flexibility index (Phi) is 3.85. The van der Waals surface area contributed by atoms with Crippen LogP contribution in [-0.4, -0.2) is 23.6 Å². The summed E-state index contributed by atoms with van der Waals surface area (Å²) in [6, 6.07) is 3.80. The minimum Gasteiger partial charge on any atom is -0.368 e. The van der Waals surface area contributed by atoms with Gasteiger partial charge in [0, 0.05) is 48.8 Å². The normalized spacial score (nSPS) is 26.7. The molecule has 3 fully saturated rings. The molecule has 1 unspecified atom stereocenters. The third kappa shape index (κ3) is 2.94. The lowest BCUT2D eigenvalue weighted by molar-refractivity contribution is 0.430. The molecule has 1 aromatic heterocycles. The molecule has 1 saturated heterocycles. The highest BCUT2D eigenvalue weighted by Crippen LogP contribution is 2.38. The van der Waals surface area contributed by atoms with Gasteiger partial charge in [0.15, 0.2) is 0 Å². The molecule has 2 aliphatic carbocycles. The molecule has 3 nitrogen and oxygen atoms in total. The molecule has 2 saturated carbocycles. The lowest BCUT2D eigenvalue weighted by atomic mass is 9.95. The largest absolute Gasteiger partial charge is 0.368 e. The standard InChI is InChI=1S/C18H27N3/c1-2-5-14(4-1)17-6-3-11-21(17)18-9-10-19-12-15(18)13-20-16-7-8-16/h9-10,12,14,16-17,20H,1-8,11,13H2. The predicted octanol–water partition coefficient (Wildman–Crippen LogP) is 3.49. The summed E-state index contributed by atoms with van der Waals surface area (Å²) in [5.41, 5.74) is 2.85. The summed E-state index contributed by atoms with van der Waals surface area (Å²) >= 11 is 0. The van der Waals surface area contributed by atoms with Gasteiger partial charge in [-0.1, -0.05) is 12.8 Å². The first-order valence-electron chi connectivity index (χ1n) is 8.85. The van der Waals surface area contributed by atoms with E-state index in [4.69, 9.17) is 0 Å². The van der Waals surface area contributed by atoms with Crippen molar-refractivity contribution in [3.63, 3.8) is 0 Å². The maximum absolute atomic E-state index is 4.37. The number of rotatable bonds is 5. The summed E-state index contributed by atoms with van der Waals surface area (Å²) in [5.74, 6) is 0.935. The predicted molar refractivity (Wildman–Crippen MR) is 86.4 cm³/mol. The third-order valence-corrected chi connectivity index (χ3v) is 5.59. The van der Waals surface area contributed by atoms with E-state index in [9.17, 15) is 0 Å². The van der Waals surface area contributed by atoms with Crippen LogP contribution in [0, 0.1) is 5.92 Å². The van der Waals surface area contributed by atoms with Crippen molar-refractivity contribution in [3.8, 4) is 0 Å². The molecule has 1 atom stereocenters. The molecule has 0 spiro atoms. The number of pyridine rings is 1. The van der Waals surface area contributed by atoms with Gasteiger partial charge in [0.2, 0.25) is 0 Å². The highest BCUT2D eigenvalue weighted by atomic mass is 15.2. The smallest absolute Gasteiger partial charge is 0.0445 e. The second-order valence-corrected chi connectivity index (χ2v) is 7.11. The Hall–Kier alpha value is -1.09. The minimum atomic E-state index is 0.766. The summed E-state index contributed by atoms with van der Waals surface area (Å²) in [4.78, 5) is 7.08. The van der Waals surface area contributed by atoms with Crippen LogP contribution in [-0.2, 0) is 6.54 Å². The number of nitrogens with zero attached hydrogens (tertiary/aromatic N) is 2. The molecule has 3 aliphatic rings. The van der Waals surface area contributed by atoms with Crippen LogP contribution in [0.25, 0.3) is 0 Å². The van der Waals surface area contributed by atoms with Crippen LogP contribution in [0.4, 0.5) is 5.69 Å². The summed E-state index contributed by atoms with van der Waals surface area (Å²) in [7, 11) is 0. The first-order valence-corrected chi connectivity index (χ1v) is 8.85. The molecular weight excluding hydrogens is 258 g/mol. The van der Waals surface area contributed by atoms with Gasteiger partial charge >= 0.3 is 0 Å². The van der Waals surface area contributed by atoms with Gasteiger partial charge in [0.1, 0.15) is 0 Å². The van der Waals surface area contributed by atoms with Gasteiger partial charge in [-0.15, -0.1) is 0 Å². The van der Waals surface area contributed by atoms with Gasteiger partial charge < -0.3 is 10.2 Å². The highest BCUT2D eigenvalue weighted by Gasteiger charge is 2.34.